The first-order valence-electron chi connectivity index (χ1n) is 6.53. The van der Waals surface area contributed by atoms with Crippen molar-refractivity contribution >= 4 is 23.1 Å². The smallest absolute Gasteiger partial charge is 1.00 e. The molecule has 0 unspecified atom stereocenters. The van der Waals surface area contributed by atoms with Crippen molar-refractivity contribution in [3.05, 3.63) is 77.7 Å². The quantitative estimate of drug-likeness (QED) is 0.598. The second kappa shape index (κ2) is 8.61. The molecule has 0 amide bonds. The molecule has 0 atom stereocenters. The molecule has 0 saturated carbocycles. The molecule has 0 N–H and O–H groups in total. The summed E-state index contributed by atoms with van der Waals surface area (Å²) in [5, 5.41) is 0. The molecule has 0 fully saturated rings. The van der Waals surface area contributed by atoms with Gasteiger partial charge in [-0.1, -0.05) is 63.6 Å². The van der Waals surface area contributed by atoms with Crippen molar-refractivity contribution in [2.45, 2.75) is 27.2 Å². The van der Waals surface area contributed by atoms with E-state index in [4.69, 9.17) is 0 Å². The molecule has 0 saturated heterocycles. The molecule has 0 aliphatic heterocycles. The van der Waals surface area contributed by atoms with E-state index in [-0.39, 0.29) is 35.5 Å². The minimum absolute atomic E-state index is 0. The summed E-state index contributed by atoms with van der Waals surface area (Å²) in [6.45, 7) is 6.87. The molecule has 2 rings (SSSR count). The van der Waals surface area contributed by atoms with E-state index in [1.165, 1.54) is 17.0 Å². The van der Waals surface area contributed by atoms with Crippen LogP contribution in [0.4, 0.5) is 0 Å². The maximum absolute atomic E-state index is 2.29. The Labute approximate surface area is 145 Å². The van der Waals surface area contributed by atoms with Crippen LogP contribution in [0.1, 0.15) is 38.3 Å². The van der Waals surface area contributed by atoms with Crippen molar-refractivity contribution in [1.82, 2.24) is 0 Å². The van der Waals surface area contributed by atoms with Gasteiger partial charge < -0.3 is 12.4 Å². The largest absolute Gasteiger partial charge is 2.00 e. The standard InChI is InChI=1S/C18H21.ClH.Mg/c1-18(2,3)14-17(15-10-6-4-7-11-15)16-12-8-5-9-13-16;;/h4-13H,14H2,1-3H3;1H;/q-1;;+2/p-1. The Morgan fingerprint density at radius 2 is 1.10 bits per heavy atom. The average molecular weight is 297 g/mol. The normalized spacial score (nSPS) is 10.2. The van der Waals surface area contributed by atoms with E-state index in [1.54, 1.807) is 0 Å². The molecule has 2 aromatic rings. The average Bonchev–Trinajstić information content (AvgIpc) is 2.37. The zero-order chi connectivity index (χ0) is 13.0. The number of hydrogen-bond donors (Lipinski definition) is 0. The fourth-order valence-corrected chi connectivity index (χ4v) is 2.18. The summed E-state index contributed by atoms with van der Waals surface area (Å²) in [5.74, 6) is 1.43. The molecule has 0 aliphatic carbocycles. The first kappa shape index (κ1) is 19.4. The minimum Gasteiger partial charge on any atom is -1.00 e. The summed E-state index contributed by atoms with van der Waals surface area (Å²) < 4.78 is 0. The third-order valence-corrected chi connectivity index (χ3v) is 2.95. The van der Waals surface area contributed by atoms with Gasteiger partial charge in [-0.3, -0.25) is 0 Å². The predicted molar refractivity (Wildman–Crippen MR) is 84.2 cm³/mol. The molecule has 0 heterocycles. The molecule has 0 aromatic heterocycles. The van der Waals surface area contributed by atoms with Crippen LogP contribution in [0.15, 0.2) is 60.7 Å². The Balaban J connectivity index is 0.00000180. The van der Waals surface area contributed by atoms with E-state index >= 15 is 0 Å². The fraction of sp³-hybridized carbons (Fsp3) is 0.278. The predicted octanol–water partition coefficient (Wildman–Crippen LogP) is 1.72. The van der Waals surface area contributed by atoms with E-state index < -0.39 is 0 Å². The summed E-state index contributed by atoms with van der Waals surface area (Å²) in [4.78, 5) is 0. The van der Waals surface area contributed by atoms with Gasteiger partial charge >= 0.3 is 23.1 Å². The van der Waals surface area contributed by atoms with Crippen molar-refractivity contribution in [1.29, 1.82) is 0 Å². The Morgan fingerprint density at radius 3 is 1.40 bits per heavy atom. The summed E-state index contributed by atoms with van der Waals surface area (Å²) in [6.07, 6.45) is 1.08. The summed E-state index contributed by atoms with van der Waals surface area (Å²) >= 11 is 0. The van der Waals surface area contributed by atoms with Crippen LogP contribution in [0.5, 0.6) is 0 Å². The SMILES string of the molecule is CC(C)(C)C[C-](c1ccccc1)c1ccccc1.[Cl-].[Mg+2]. The number of benzene rings is 2. The molecule has 2 heteroatoms. The van der Waals surface area contributed by atoms with Crippen LogP contribution in [0.3, 0.4) is 0 Å². The Morgan fingerprint density at radius 1 is 0.750 bits per heavy atom. The van der Waals surface area contributed by atoms with E-state index in [0.29, 0.717) is 5.41 Å². The fourth-order valence-electron chi connectivity index (χ4n) is 2.18. The van der Waals surface area contributed by atoms with Crippen LogP contribution in [-0.2, 0) is 0 Å². The molecular weight excluding hydrogens is 276 g/mol. The molecule has 0 spiro atoms. The third kappa shape index (κ3) is 5.78. The molecule has 0 aliphatic rings. The zero-order valence-electron chi connectivity index (χ0n) is 12.6. The molecule has 0 nitrogen and oxygen atoms in total. The first-order valence-corrected chi connectivity index (χ1v) is 6.53. The topological polar surface area (TPSA) is 0 Å². The van der Waals surface area contributed by atoms with Gasteiger partial charge in [-0.25, -0.2) is 0 Å². The third-order valence-electron chi connectivity index (χ3n) is 2.95. The number of rotatable bonds is 3. The maximum atomic E-state index is 2.29. The van der Waals surface area contributed by atoms with Gasteiger partial charge in [0.25, 0.3) is 0 Å². The Hall–Kier alpha value is -0.634. The van der Waals surface area contributed by atoms with E-state index in [2.05, 4.69) is 81.4 Å². The molecule has 102 valence electrons. The van der Waals surface area contributed by atoms with E-state index in [9.17, 15) is 0 Å². The van der Waals surface area contributed by atoms with Crippen molar-refractivity contribution in [2.24, 2.45) is 5.41 Å². The van der Waals surface area contributed by atoms with Crippen molar-refractivity contribution in [3.63, 3.8) is 0 Å². The number of hydrogen-bond acceptors (Lipinski definition) is 0. The Bertz CT molecular complexity index is 434. The van der Waals surface area contributed by atoms with Crippen LogP contribution in [0, 0.1) is 11.3 Å². The van der Waals surface area contributed by atoms with Gasteiger partial charge in [-0.15, -0.1) is 41.3 Å². The van der Waals surface area contributed by atoms with Gasteiger partial charge in [0.05, 0.1) is 0 Å². The summed E-state index contributed by atoms with van der Waals surface area (Å²) in [6, 6.07) is 21.4. The zero-order valence-corrected chi connectivity index (χ0v) is 14.7. The van der Waals surface area contributed by atoms with Crippen molar-refractivity contribution in [2.75, 3.05) is 0 Å². The van der Waals surface area contributed by atoms with Gasteiger partial charge in [0.15, 0.2) is 0 Å². The van der Waals surface area contributed by atoms with Crippen LogP contribution in [0.25, 0.3) is 0 Å². The van der Waals surface area contributed by atoms with Crippen LogP contribution < -0.4 is 12.4 Å². The second-order valence-electron chi connectivity index (χ2n) is 5.95. The number of halogens is 1. The second-order valence-corrected chi connectivity index (χ2v) is 5.95. The van der Waals surface area contributed by atoms with Gasteiger partial charge in [-0.05, 0) is 5.41 Å². The van der Waals surface area contributed by atoms with Crippen molar-refractivity contribution in [3.8, 4) is 0 Å². The molecule has 0 radical (unpaired) electrons. The summed E-state index contributed by atoms with van der Waals surface area (Å²) in [5.41, 5.74) is 2.96. The Kier molecular flexibility index (Phi) is 8.34. The van der Waals surface area contributed by atoms with Crippen molar-refractivity contribution < 1.29 is 12.4 Å². The molecule has 0 bridgehead atoms. The molecule has 2 aromatic carbocycles. The van der Waals surface area contributed by atoms with Gasteiger partial charge in [0, 0.05) is 0 Å². The van der Waals surface area contributed by atoms with Gasteiger partial charge in [0.1, 0.15) is 0 Å². The van der Waals surface area contributed by atoms with E-state index in [0.717, 1.165) is 6.42 Å². The van der Waals surface area contributed by atoms with Crippen LogP contribution in [0.2, 0.25) is 0 Å². The maximum Gasteiger partial charge on any atom is 2.00 e. The monoisotopic (exact) mass is 296 g/mol. The summed E-state index contributed by atoms with van der Waals surface area (Å²) in [7, 11) is 0. The van der Waals surface area contributed by atoms with Crippen LogP contribution in [-0.4, -0.2) is 23.1 Å². The van der Waals surface area contributed by atoms with Crippen LogP contribution >= 0.6 is 0 Å². The van der Waals surface area contributed by atoms with Gasteiger partial charge in [-0.2, -0.15) is 0 Å². The first-order chi connectivity index (χ1) is 8.56. The minimum atomic E-state index is 0. The van der Waals surface area contributed by atoms with E-state index in [1.807, 2.05) is 0 Å². The molecule has 20 heavy (non-hydrogen) atoms. The molecular formula is C18H21ClMg. The van der Waals surface area contributed by atoms with Gasteiger partial charge in [0.2, 0.25) is 0 Å².